The van der Waals surface area contributed by atoms with E-state index >= 15 is 0 Å². The van der Waals surface area contributed by atoms with Crippen molar-refractivity contribution >= 4 is 44.4 Å². The minimum Gasteiger partial charge on any atom is -0.355 e. The highest BCUT2D eigenvalue weighted by Gasteiger charge is 2.21. The lowest BCUT2D eigenvalue weighted by Gasteiger charge is -2.04. The molecule has 0 fully saturated rings. The van der Waals surface area contributed by atoms with Crippen molar-refractivity contribution in [3.8, 4) is 0 Å². The van der Waals surface area contributed by atoms with Gasteiger partial charge in [0.1, 0.15) is 0 Å². The molecule has 5 heterocycles. The Bertz CT molecular complexity index is 1640. The molecular weight excluding hydrogens is 468 g/mol. The third-order valence-corrected chi connectivity index (χ3v) is 8.30. The summed E-state index contributed by atoms with van der Waals surface area (Å²) < 4.78 is 0. The van der Waals surface area contributed by atoms with Gasteiger partial charge in [0.2, 0.25) is 0 Å². The molecule has 2 aliphatic rings. The minimum atomic E-state index is 0.573. The molecule has 5 rings (SSSR count). The van der Waals surface area contributed by atoms with Crippen molar-refractivity contribution in [2.45, 2.75) is 67.2 Å². The molecule has 0 amide bonds. The van der Waals surface area contributed by atoms with E-state index in [1.54, 1.807) is 0 Å². The summed E-state index contributed by atoms with van der Waals surface area (Å²) in [6, 6.07) is 8.80. The summed E-state index contributed by atoms with van der Waals surface area (Å²) >= 11 is 0. The van der Waals surface area contributed by atoms with E-state index in [9.17, 15) is 0 Å². The highest BCUT2D eigenvalue weighted by atomic mass is 14.8. The molecule has 0 aliphatic carbocycles. The van der Waals surface area contributed by atoms with Crippen LogP contribution in [0.3, 0.4) is 0 Å². The fourth-order valence-electron chi connectivity index (χ4n) is 6.05. The first-order valence-corrected chi connectivity index (χ1v) is 13.8. The van der Waals surface area contributed by atoms with Crippen LogP contribution in [0.15, 0.2) is 24.3 Å². The van der Waals surface area contributed by atoms with E-state index in [4.69, 9.17) is 21.4 Å². The zero-order valence-electron chi connectivity index (χ0n) is 23.6. The smallest absolute Gasteiger partial charge is 0.0694 e. The predicted molar refractivity (Wildman–Crippen MR) is 162 cm³/mol. The Morgan fingerprint density at radius 3 is 1.45 bits per heavy atom. The largest absolute Gasteiger partial charge is 0.355 e. The molecule has 0 saturated heterocycles. The summed E-state index contributed by atoms with van der Waals surface area (Å²) in [6.45, 7) is 14.3. The van der Waals surface area contributed by atoms with E-state index < -0.39 is 0 Å². The Balaban J connectivity index is 1.97. The summed E-state index contributed by atoms with van der Waals surface area (Å²) in [5.41, 5.74) is 30.4. The second-order valence-corrected chi connectivity index (χ2v) is 10.4. The van der Waals surface area contributed by atoms with Gasteiger partial charge in [-0.05, 0) is 135 Å². The van der Waals surface area contributed by atoms with Crippen molar-refractivity contribution in [3.05, 3.63) is 69.3 Å². The first-order chi connectivity index (χ1) is 18.3. The molecule has 6 N–H and O–H groups in total. The number of allylic oxidation sites excluding steroid dienone is 2. The van der Waals surface area contributed by atoms with E-state index in [-0.39, 0.29) is 0 Å². The number of hydrogen-bond acceptors (Lipinski definition) is 4. The quantitative estimate of drug-likeness (QED) is 0.300. The fourth-order valence-corrected chi connectivity index (χ4v) is 6.05. The van der Waals surface area contributed by atoms with Crippen molar-refractivity contribution < 1.29 is 0 Å². The molecule has 0 saturated carbocycles. The maximum Gasteiger partial charge on any atom is 0.0694 e. The van der Waals surface area contributed by atoms with Crippen LogP contribution in [0.2, 0.25) is 0 Å². The molecule has 0 spiro atoms. The first kappa shape index (κ1) is 26.1. The molecule has 0 atom stereocenters. The van der Waals surface area contributed by atoms with Gasteiger partial charge in [0.25, 0.3) is 0 Å². The van der Waals surface area contributed by atoms with E-state index in [0.29, 0.717) is 13.1 Å². The van der Waals surface area contributed by atoms with E-state index in [1.165, 1.54) is 44.5 Å². The third-order valence-electron chi connectivity index (χ3n) is 8.30. The average Bonchev–Trinajstić information content (AvgIpc) is 3.55. The second kappa shape index (κ2) is 10.4. The summed E-state index contributed by atoms with van der Waals surface area (Å²) in [7, 11) is 0. The number of aromatic amines is 2. The van der Waals surface area contributed by atoms with Crippen molar-refractivity contribution in [1.82, 2.24) is 19.9 Å². The highest BCUT2D eigenvalue weighted by Crippen LogP contribution is 2.37. The summed E-state index contributed by atoms with van der Waals surface area (Å²) in [6.07, 6.45) is 3.45. The van der Waals surface area contributed by atoms with Crippen LogP contribution in [-0.2, 0) is 12.8 Å². The first-order valence-electron chi connectivity index (χ1n) is 13.8. The molecule has 6 nitrogen and oxygen atoms in total. The Labute approximate surface area is 225 Å². The molecule has 0 radical (unpaired) electrons. The van der Waals surface area contributed by atoms with Gasteiger partial charge in [0.05, 0.1) is 22.8 Å². The minimum absolute atomic E-state index is 0.573. The Morgan fingerprint density at radius 1 is 0.579 bits per heavy atom. The normalized spacial score (nSPS) is 13.7. The number of nitrogens with two attached hydrogens (primary N) is 2. The monoisotopic (exact) mass is 508 g/mol. The van der Waals surface area contributed by atoms with Gasteiger partial charge in [-0.2, -0.15) is 0 Å². The maximum atomic E-state index is 6.05. The fraction of sp³-hybridized carbons (Fsp3) is 0.375. The molecule has 0 unspecified atom stereocenters. The molecule has 3 aromatic rings. The number of aryl methyl sites for hydroxylation is 4. The van der Waals surface area contributed by atoms with Crippen molar-refractivity contribution in [3.63, 3.8) is 0 Å². The number of rotatable bonds is 6. The average molecular weight is 509 g/mol. The van der Waals surface area contributed by atoms with Crippen LogP contribution < -0.4 is 11.5 Å². The molecule has 38 heavy (non-hydrogen) atoms. The van der Waals surface area contributed by atoms with Crippen LogP contribution in [0.1, 0.15) is 85.6 Å². The molecular formula is C32H40N6. The standard InChI is InChI=1S/C32H40N6/c1-7-21-17(3)25-13-26-19(5)23(9-11-33)31(37-26)16-32-24(10-12-34)20(6)28(38-32)15-30-22(8-2)18(4)27(36-30)14-29(21)35-25/h13-16,35-36H,7-12,33-34H2,1-6H3. The van der Waals surface area contributed by atoms with Crippen LogP contribution in [0, 0.1) is 13.8 Å². The Morgan fingerprint density at radius 2 is 1.00 bits per heavy atom. The van der Waals surface area contributed by atoms with Gasteiger partial charge in [-0.25, -0.2) is 9.97 Å². The van der Waals surface area contributed by atoms with E-state index in [1.807, 2.05) is 0 Å². The second-order valence-electron chi connectivity index (χ2n) is 10.4. The van der Waals surface area contributed by atoms with Crippen LogP contribution in [0.5, 0.6) is 0 Å². The Kier molecular flexibility index (Phi) is 7.12. The van der Waals surface area contributed by atoms with Crippen LogP contribution in [0.25, 0.3) is 44.4 Å². The maximum absolute atomic E-state index is 6.05. The lowest BCUT2D eigenvalue weighted by molar-refractivity contribution is 1.01. The van der Waals surface area contributed by atoms with Gasteiger partial charge < -0.3 is 21.4 Å². The Hall–Kier alpha value is -3.48. The number of nitrogens with zero attached hydrogens (tertiary/aromatic N) is 2. The van der Waals surface area contributed by atoms with Crippen LogP contribution >= 0.6 is 0 Å². The van der Waals surface area contributed by atoms with Gasteiger partial charge in [-0.1, -0.05) is 13.8 Å². The topological polar surface area (TPSA) is 109 Å². The van der Waals surface area contributed by atoms with Gasteiger partial charge in [-0.15, -0.1) is 0 Å². The van der Waals surface area contributed by atoms with Crippen LogP contribution in [0.4, 0.5) is 0 Å². The zero-order valence-corrected chi connectivity index (χ0v) is 23.6. The molecule has 198 valence electrons. The molecule has 6 heteroatoms. The number of nitrogens with one attached hydrogen (secondary N) is 2. The summed E-state index contributed by atoms with van der Waals surface area (Å²) in [5, 5.41) is 0. The SMILES string of the molecule is CCc1c(C)c2cc3[nH]c(cc4nc(cc5nc(cc1[nH]2)C(C)=C5CCN)C(CCN)=C4C)c(C)c3CC. The number of aromatic nitrogens is 4. The number of fused-ring (bicyclic) bond motifs is 8. The van der Waals surface area contributed by atoms with E-state index in [2.05, 4.69) is 75.8 Å². The highest BCUT2D eigenvalue weighted by molar-refractivity contribution is 5.95. The molecule has 2 aliphatic heterocycles. The third kappa shape index (κ3) is 4.32. The predicted octanol–water partition coefficient (Wildman–Crippen LogP) is 6.62. The van der Waals surface area contributed by atoms with Crippen molar-refractivity contribution in [1.29, 1.82) is 0 Å². The van der Waals surface area contributed by atoms with Gasteiger partial charge in [0, 0.05) is 22.1 Å². The van der Waals surface area contributed by atoms with Gasteiger partial charge in [0.15, 0.2) is 0 Å². The van der Waals surface area contributed by atoms with Crippen molar-refractivity contribution in [2.75, 3.05) is 13.1 Å². The van der Waals surface area contributed by atoms with Crippen molar-refractivity contribution in [2.24, 2.45) is 11.5 Å². The molecule has 3 aromatic heterocycles. The number of H-pyrrole nitrogens is 2. The number of hydrogen-bond donors (Lipinski definition) is 4. The molecule has 0 aromatic carbocycles. The zero-order chi connectivity index (χ0) is 27.1. The van der Waals surface area contributed by atoms with Gasteiger partial charge in [-0.3, -0.25) is 0 Å². The molecule has 8 bridgehead atoms. The van der Waals surface area contributed by atoms with Crippen LogP contribution in [-0.4, -0.2) is 33.0 Å². The summed E-state index contributed by atoms with van der Waals surface area (Å²) in [4.78, 5) is 17.7. The lowest BCUT2D eigenvalue weighted by Crippen LogP contribution is -2.01. The van der Waals surface area contributed by atoms with E-state index in [0.717, 1.165) is 70.5 Å². The summed E-state index contributed by atoms with van der Waals surface area (Å²) in [5.74, 6) is 0. The lowest BCUT2D eigenvalue weighted by atomic mass is 10.00. The van der Waals surface area contributed by atoms with Gasteiger partial charge >= 0.3 is 0 Å².